The molecule has 21 heavy (non-hydrogen) atoms. The number of hydrogen-bond donors (Lipinski definition) is 1. The lowest BCUT2D eigenvalue weighted by Crippen LogP contribution is -2.20. The van der Waals surface area contributed by atoms with Crippen LogP contribution in [0.1, 0.15) is 18.2 Å². The summed E-state index contributed by atoms with van der Waals surface area (Å²) in [7, 11) is 1.94. The molecule has 112 valence electrons. The Morgan fingerprint density at radius 3 is 2.81 bits per heavy atom. The maximum absolute atomic E-state index is 8.95. The summed E-state index contributed by atoms with van der Waals surface area (Å²) in [5.74, 6) is 1.51. The highest BCUT2D eigenvalue weighted by Crippen LogP contribution is 2.26. The van der Waals surface area contributed by atoms with E-state index in [-0.39, 0.29) is 12.5 Å². The molecule has 0 amide bonds. The van der Waals surface area contributed by atoms with Crippen molar-refractivity contribution < 1.29 is 14.4 Å². The molecule has 0 aliphatic carbocycles. The fourth-order valence-corrected chi connectivity index (χ4v) is 2.39. The first-order valence-corrected chi connectivity index (χ1v) is 7.11. The Morgan fingerprint density at radius 2 is 2.14 bits per heavy atom. The molecule has 0 unspecified atom stereocenters. The molecule has 0 saturated carbocycles. The van der Waals surface area contributed by atoms with Gasteiger partial charge in [0, 0.05) is 37.4 Å². The van der Waals surface area contributed by atoms with Crippen molar-refractivity contribution in [3.63, 3.8) is 0 Å². The Hall–Kier alpha value is -1.92. The third-order valence-electron chi connectivity index (χ3n) is 3.73. The highest BCUT2D eigenvalue weighted by atomic mass is 16.5. The number of aliphatic hydroxyl groups excluding tert-OH is 1. The Kier molecular flexibility index (Phi) is 4.17. The molecule has 1 atom stereocenters. The Morgan fingerprint density at radius 1 is 1.33 bits per heavy atom. The summed E-state index contributed by atoms with van der Waals surface area (Å²) < 4.78 is 10.7. The zero-order valence-electron chi connectivity index (χ0n) is 12.0. The molecule has 6 heteroatoms. The molecule has 1 aromatic heterocycles. The summed E-state index contributed by atoms with van der Waals surface area (Å²) in [6, 6.07) is 7.86. The highest BCUT2D eigenvalue weighted by molar-refractivity contribution is 5.59. The molecule has 2 aromatic rings. The van der Waals surface area contributed by atoms with Gasteiger partial charge >= 0.3 is 0 Å². The molecule has 0 bridgehead atoms. The highest BCUT2D eigenvalue weighted by Gasteiger charge is 2.23. The first kappa shape index (κ1) is 14.0. The van der Waals surface area contributed by atoms with E-state index in [1.165, 1.54) is 0 Å². The van der Waals surface area contributed by atoms with Crippen LogP contribution in [0.3, 0.4) is 0 Å². The monoisotopic (exact) mass is 289 g/mol. The summed E-state index contributed by atoms with van der Waals surface area (Å²) in [6.45, 7) is 2.17. The van der Waals surface area contributed by atoms with Gasteiger partial charge in [0.05, 0.1) is 13.2 Å². The Bertz CT molecular complexity index is 576. The molecule has 1 aromatic carbocycles. The molecular formula is C15H19N3O3. The minimum atomic E-state index is 0.134. The predicted molar refractivity (Wildman–Crippen MR) is 78.3 cm³/mol. The molecular weight excluding hydrogens is 270 g/mol. The van der Waals surface area contributed by atoms with E-state index < -0.39 is 0 Å². The quantitative estimate of drug-likeness (QED) is 0.902. The van der Waals surface area contributed by atoms with Gasteiger partial charge in [-0.1, -0.05) is 5.16 Å². The molecule has 3 rings (SSSR count). The molecule has 2 heterocycles. The minimum absolute atomic E-state index is 0.134. The van der Waals surface area contributed by atoms with Crippen molar-refractivity contribution in [1.29, 1.82) is 0 Å². The van der Waals surface area contributed by atoms with Gasteiger partial charge in [-0.2, -0.15) is 4.98 Å². The topological polar surface area (TPSA) is 71.6 Å². The Balaban J connectivity index is 1.74. The number of hydrogen-bond acceptors (Lipinski definition) is 6. The smallest absolute Gasteiger partial charge is 0.257 e. The van der Waals surface area contributed by atoms with E-state index in [0.717, 1.165) is 30.1 Å². The van der Waals surface area contributed by atoms with Crippen LogP contribution in [0.4, 0.5) is 5.69 Å². The maximum Gasteiger partial charge on any atom is 0.257 e. The predicted octanol–water partition coefficient (Wildman–Crippen LogP) is 1.67. The van der Waals surface area contributed by atoms with E-state index in [2.05, 4.69) is 10.1 Å². The second-order valence-corrected chi connectivity index (χ2v) is 5.21. The third-order valence-corrected chi connectivity index (χ3v) is 3.73. The van der Waals surface area contributed by atoms with Crippen molar-refractivity contribution >= 4 is 5.69 Å². The van der Waals surface area contributed by atoms with Gasteiger partial charge in [-0.3, -0.25) is 0 Å². The fraction of sp³-hybridized carbons (Fsp3) is 0.467. The van der Waals surface area contributed by atoms with Gasteiger partial charge in [0.1, 0.15) is 0 Å². The number of ether oxygens (including phenoxy) is 1. The zero-order valence-corrected chi connectivity index (χ0v) is 12.0. The van der Waals surface area contributed by atoms with E-state index in [1.54, 1.807) is 0 Å². The molecule has 1 aliphatic rings. The average Bonchev–Trinajstić information content (AvgIpc) is 3.19. The van der Waals surface area contributed by atoms with Gasteiger partial charge in [-0.15, -0.1) is 0 Å². The third kappa shape index (κ3) is 3.06. The van der Waals surface area contributed by atoms with Crippen molar-refractivity contribution in [2.75, 3.05) is 38.3 Å². The molecule has 0 radical (unpaired) electrons. The molecule has 6 nitrogen and oxygen atoms in total. The van der Waals surface area contributed by atoms with Gasteiger partial charge in [0.2, 0.25) is 0 Å². The maximum atomic E-state index is 8.95. The second-order valence-electron chi connectivity index (χ2n) is 5.21. The first-order valence-electron chi connectivity index (χ1n) is 7.11. The van der Waals surface area contributed by atoms with Gasteiger partial charge < -0.3 is 19.3 Å². The van der Waals surface area contributed by atoms with Crippen LogP contribution in [0, 0.1) is 0 Å². The number of aromatic nitrogens is 2. The van der Waals surface area contributed by atoms with E-state index >= 15 is 0 Å². The van der Waals surface area contributed by atoms with Crippen molar-refractivity contribution in [3.8, 4) is 11.5 Å². The standard InChI is InChI=1S/C15H19N3O3/c1-18(7-8-19)13-4-2-11(3-5-13)15-16-14(17-21-15)12-6-9-20-10-12/h2-5,12,19H,6-10H2,1H3/t12-/m0/s1. The van der Waals surface area contributed by atoms with Crippen LogP contribution in [0.5, 0.6) is 0 Å². The van der Waals surface area contributed by atoms with Crippen LogP contribution < -0.4 is 4.90 Å². The number of aliphatic hydroxyl groups is 1. The fourth-order valence-electron chi connectivity index (χ4n) is 2.39. The van der Waals surface area contributed by atoms with Gasteiger partial charge in [0.15, 0.2) is 5.82 Å². The molecule has 1 fully saturated rings. The lowest BCUT2D eigenvalue weighted by Gasteiger charge is -2.17. The van der Waals surface area contributed by atoms with Crippen LogP contribution >= 0.6 is 0 Å². The average molecular weight is 289 g/mol. The van der Waals surface area contributed by atoms with E-state index in [4.69, 9.17) is 14.4 Å². The van der Waals surface area contributed by atoms with Crippen molar-refractivity contribution in [1.82, 2.24) is 10.1 Å². The minimum Gasteiger partial charge on any atom is -0.395 e. The van der Waals surface area contributed by atoms with Gasteiger partial charge in [-0.05, 0) is 30.7 Å². The van der Waals surface area contributed by atoms with E-state index in [0.29, 0.717) is 19.0 Å². The first-order chi connectivity index (χ1) is 10.3. The number of rotatable bonds is 5. The zero-order chi connectivity index (χ0) is 14.7. The van der Waals surface area contributed by atoms with Gasteiger partial charge in [-0.25, -0.2) is 0 Å². The molecule has 1 N–H and O–H groups in total. The van der Waals surface area contributed by atoms with Crippen LogP contribution in [0.15, 0.2) is 28.8 Å². The normalized spacial score (nSPS) is 18.1. The lowest BCUT2D eigenvalue weighted by atomic mass is 10.1. The van der Waals surface area contributed by atoms with Gasteiger partial charge in [0.25, 0.3) is 5.89 Å². The summed E-state index contributed by atoms with van der Waals surface area (Å²) in [5, 5.41) is 13.0. The number of benzene rings is 1. The lowest BCUT2D eigenvalue weighted by molar-refractivity contribution is 0.192. The van der Waals surface area contributed by atoms with Crippen LogP contribution in [-0.2, 0) is 4.74 Å². The van der Waals surface area contributed by atoms with Crippen LogP contribution in [-0.4, -0.2) is 48.7 Å². The van der Waals surface area contributed by atoms with Crippen molar-refractivity contribution in [3.05, 3.63) is 30.1 Å². The van der Waals surface area contributed by atoms with Crippen LogP contribution in [0.25, 0.3) is 11.5 Å². The van der Waals surface area contributed by atoms with Crippen LogP contribution in [0.2, 0.25) is 0 Å². The largest absolute Gasteiger partial charge is 0.395 e. The number of anilines is 1. The molecule has 0 spiro atoms. The molecule has 1 saturated heterocycles. The van der Waals surface area contributed by atoms with Crippen molar-refractivity contribution in [2.45, 2.75) is 12.3 Å². The molecule has 1 aliphatic heterocycles. The Labute approximate surface area is 123 Å². The summed E-state index contributed by atoms with van der Waals surface area (Å²) in [4.78, 5) is 6.45. The summed E-state index contributed by atoms with van der Waals surface area (Å²) in [5.41, 5.74) is 1.94. The van der Waals surface area contributed by atoms with E-state index in [9.17, 15) is 0 Å². The number of likely N-dealkylation sites (N-methyl/N-ethyl adjacent to an activating group) is 1. The second kappa shape index (κ2) is 6.24. The SMILES string of the molecule is CN(CCO)c1ccc(-c2nc([C@H]3CCOC3)no2)cc1. The number of nitrogens with zero attached hydrogens (tertiary/aromatic N) is 3. The van der Waals surface area contributed by atoms with E-state index in [1.807, 2.05) is 36.2 Å². The summed E-state index contributed by atoms with van der Waals surface area (Å²) >= 11 is 0. The van der Waals surface area contributed by atoms with Crippen molar-refractivity contribution in [2.24, 2.45) is 0 Å². The summed E-state index contributed by atoms with van der Waals surface area (Å²) in [6.07, 6.45) is 0.948.